The molecule has 258 valence electrons. The third-order valence-electron chi connectivity index (χ3n) is 7.74. The minimum atomic E-state index is -3.85. The van der Waals surface area contributed by atoms with Gasteiger partial charge in [0.25, 0.3) is 5.91 Å². The van der Waals surface area contributed by atoms with Crippen molar-refractivity contribution in [3.05, 3.63) is 101 Å². The summed E-state index contributed by atoms with van der Waals surface area (Å²) in [4.78, 5) is 30.8. The molecule has 0 saturated heterocycles. The van der Waals surface area contributed by atoms with Crippen LogP contribution in [0.2, 0.25) is 0 Å². The van der Waals surface area contributed by atoms with Crippen molar-refractivity contribution in [1.82, 2.24) is 20.9 Å². The van der Waals surface area contributed by atoms with E-state index in [9.17, 15) is 31.9 Å². The number of aliphatic hydroxyl groups is 1. The van der Waals surface area contributed by atoms with E-state index in [4.69, 9.17) is 0 Å². The average molecular weight is 695 g/mol. The average Bonchev–Trinajstić information content (AvgIpc) is 3.02. The monoisotopic (exact) mass is 694 g/mol. The van der Waals surface area contributed by atoms with Gasteiger partial charge in [-0.2, -0.15) is 0 Å². The Morgan fingerprint density at radius 1 is 0.915 bits per heavy atom. The van der Waals surface area contributed by atoms with Crippen LogP contribution in [0.25, 0.3) is 0 Å². The van der Waals surface area contributed by atoms with Crippen molar-refractivity contribution < 1.29 is 31.9 Å². The van der Waals surface area contributed by atoms with Crippen LogP contribution >= 0.6 is 12.4 Å². The second kappa shape index (κ2) is 19.4. The van der Waals surface area contributed by atoms with Gasteiger partial charge in [0.15, 0.2) is 9.84 Å². The predicted octanol–water partition coefficient (Wildman–Crippen LogP) is 4.31. The Balaban J connectivity index is 0.00000768. The molecule has 9 nitrogen and oxygen atoms in total. The number of rotatable bonds is 18. The summed E-state index contributed by atoms with van der Waals surface area (Å²) in [6.45, 7) is 6.06. The largest absolute Gasteiger partial charge is 0.390 e. The van der Waals surface area contributed by atoms with E-state index in [1.807, 2.05) is 38.1 Å². The van der Waals surface area contributed by atoms with Gasteiger partial charge in [0.05, 0.1) is 23.1 Å². The molecule has 0 aliphatic carbocycles. The van der Waals surface area contributed by atoms with Gasteiger partial charge in [-0.1, -0.05) is 57.5 Å². The summed E-state index contributed by atoms with van der Waals surface area (Å²) in [7, 11) is -3.85. The van der Waals surface area contributed by atoms with Crippen molar-refractivity contribution in [3.8, 4) is 0 Å². The fraction of sp³-hybridized carbons (Fsp3) is 0.441. The molecule has 0 fully saturated rings. The molecule has 0 aliphatic rings. The Bertz CT molecular complexity index is 1530. The topological polar surface area (TPSA) is 137 Å². The highest BCUT2D eigenvalue weighted by Gasteiger charge is 2.34. The lowest BCUT2D eigenvalue weighted by Gasteiger charge is -2.28. The minimum Gasteiger partial charge on any atom is -0.390 e. The van der Waals surface area contributed by atoms with Gasteiger partial charge in [0.2, 0.25) is 5.91 Å². The van der Waals surface area contributed by atoms with Crippen LogP contribution in [0, 0.1) is 11.6 Å². The Morgan fingerprint density at radius 2 is 1.62 bits per heavy atom. The Hall–Kier alpha value is -3.45. The summed E-state index contributed by atoms with van der Waals surface area (Å²) < 4.78 is 54.9. The summed E-state index contributed by atoms with van der Waals surface area (Å²) in [6.07, 6.45) is 2.17. The number of aromatic nitrogens is 1. The molecule has 2 aromatic carbocycles. The molecular weight excluding hydrogens is 650 g/mol. The summed E-state index contributed by atoms with van der Waals surface area (Å²) in [5.74, 6) is -3.94. The molecule has 0 radical (unpaired) electrons. The van der Waals surface area contributed by atoms with Gasteiger partial charge in [-0.3, -0.25) is 14.6 Å². The molecule has 3 aromatic rings. The van der Waals surface area contributed by atoms with Gasteiger partial charge in [-0.25, -0.2) is 17.2 Å². The number of hydrogen-bond acceptors (Lipinski definition) is 7. The van der Waals surface area contributed by atoms with Gasteiger partial charge >= 0.3 is 0 Å². The van der Waals surface area contributed by atoms with Crippen molar-refractivity contribution in [2.75, 3.05) is 12.3 Å². The minimum absolute atomic E-state index is 0. The predicted molar refractivity (Wildman–Crippen MR) is 181 cm³/mol. The van der Waals surface area contributed by atoms with Crippen LogP contribution in [0.4, 0.5) is 8.78 Å². The second-order valence-electron chi connectivity index (χ2n) is 11.4. The van der Waals surface area contributed by atoms with E-state index in [1.165, 1.54) is 12.3 Å². The van der Waals surface area contributed by atoms with E-state index < -0.39 is 62.5 Å². The van der Waals surface area contributed by atoms with Crippen molar-refractivity contribution >= 4 is 34.1 Å². The summed E-state index contributed by atoms with van der Waals surface area (Å²) in [6, 6.07) is 12.8. The van der Waals surface area contributed by atoms with Gasteiger partial charge in [0.1, 0.15) is 23.4 Å². The molecule has 0 spiro atoms. The molecule has 0 aliphatic heterocycles. The van der Waals surface area contributed by atoms with Crippen LogP contribution in [0.3, 0.4) is 0 Å². The number of carbonyl (C=O) groups excluding carboxylic acids is 2. The van der Waals surface area contributed by atoms with E-state index in [0.29, 0.717) is 31.9 Å². The van der Waals surface area contributed by atoms with Crippen molar-refractivity contribution in [2.45, 2.75) is 82.9 Å². The van der Waals surface area contributed by atoms with E-state index >= 15 is 0 Å². The Kier molecular flexibility index (Phi) is 16.4. The maximum atomic E-state index is 14.1. The molecule has 4 atom stereocenters. The first kappa shape index (κ1) is 39.7. The summed E-state index contributed by atoms with van der Waals surface area (Å²) in [5.41, 5.74) is 2.30. The molecule has 0 bridgehead atoms. The highest BCUT2D eigenvalue weighted by Crippen LogP contribution is 2.16. The molecular formula is C34H45ClF2N4O5S. The number of amides is 2. The zero-order valence-corrected chi connectivity index (χ0v) is 28.5. The maximum Gasteiger partial charge on any atom is 0.270 e. The van der Waals surface area contributed by atoms with E-state index in [-0.39, 0.29) is 36.6 Å². The van der Waals surface area contributed by atoms with E-state index in [2.05, 4.69) is 20.9 Å². The highest BCUT2D eigenvalue weighted by molar-refractivity contribution is 7.92. The molecule has 1 heterocycles. The zero-order chi connectivity index (χ0) is 33.7. The number of pyridine rings is 1. The molecule has 1 aromatic heterocycles. The lowest BCUT2D eigenvalue weighted by Crippen LogP contribution is -2.57. The fourth-order valence-corrected chi connectivity index (χ4v) is 7.33. The molecule has 4 N–H and O–H groups in total. The number of aliphatic hydroxyl groups excluding tert-OH is 1. The number of nitrogens with one attached hydrogen (secondary N) is 3. The summed E-state index contributed by atoms with van der Waals surface area (Å²) in [5, 5.41) is 18.8. The number of hydrogen-bond donors (Lipinski definition) is 4. The standard InChI is InChI=1S/C34H44F2N4O5S.ClH/c1-4-10-28(6-3)46(44,45)22-31(40-33(42)29-13-7-8-14-38-29)34(43)39-30(18-25-16-26(35)19-27(36)17-25)32(41)21-37-20-24-12-9-11-23(5-2)15-24;/h7-9,11-17,19,28,30-32,37,41H,4-6,10,18,20-22H2,1-3H3,(H,39,43)(H,40,42);1H/t28?,30-,31-,32+;/m0./s1. The van der Waals surface area contributed by atoms with E-state index in [0.717, 1.165) is 29.7 Å². The van der Waals surface area contributed by atoms with Gasteiger partial charge in [-0.05, 0) is 66.6 Å². The Labute approximate surface area is 282 Å². The maximum absolute atomic E-state index is 14.1. The van der Waals surface area contributed by atoms with Crippen molar-refractivity contribution in [3.63, 3.8) is 0 Å². The van der Waals surface area contributed by atoms with Crippen LogP contribution in [0.5, 0.6) is 0 Å². The number of carbonyl (C=O) groups is 2. The second-order valence-corrected chi connectivity index (χ2v) is 13.7. The first-order valence-corrected chi connectivity index (χ1v) is 17.3. The number of halogens is 3. The van der Waals surface area contributed by atoms with Crippen LogP contribution in [-0.2, 0) is 34.0 Å². The van der Waals surface area contributed by atoms with Crippen molar-refractivity contribution in [1.29, 1.82) is 0 Å². The first-order valence-electron chi connectivity index (χ1n) is 15.6. The number of sulfone groups is 1. The number of nitrogens with zero attached hydrogens (tertiary/aromatic N) is 1. The quantitative estimate of drug-likeness (QED) is 0.156. The lowest BCUT2D eigenvalue weighted by molar-refractivity contribution is -0.124. The third-order valence-corrected chi connectivity index (χ3v) is 10.1. The van der Waals surface area contributed by atoms with Crippen molar-refractivity contribution in [2.24, 2.45) is 0 Å². The molecule has 0 saturated carbocycles. The number of aryl methyl sites for hydroxylation is 1. The normalized spacial score (nSPS) is 13.9. The smallest absolute Gasteiger partial charge is 0.270 e. The van der Waals surface area contributed by atoms with Gasteiger partial charge in [0, 0.05) is 25.4 Å². The number of benzene rings is 2. The zero-order valence-electron chi connectivity index (χ0n) is 26.9. The van der Waals surface area contributed by atoms with Crippen LogP contribution in [-0.4, -0.2) is 66.1 Å². The van der Waals surface area contributed by atoms with Crippen LogP contribution < -0.4 is 16.0 Å². The molecule has 47 heavy (non-hydrogen) atoms. The SMILES string of the molecule is CCCC(CC)S(=O)(=O)C[C@H](NC(=O)c1ccccn1)C(=O)N[C@@H](Cc1cc(F)cc(F)c1)[C@H](O)CNCc1cccc(CC)c1.Cl. The van der Waals surface area contributed by atoms with Gasteiger partial charge < -0.3 is 21.1 Å². The van der Waals surface area contributed by atoms with Crippen LogP contribution in [0.15, 0.2) is 66.9 Å². The third kappa shape index (κ3) is 12.6. The molecule has 13 heteroatoms. The fourth-order valence-electron chi connectivity index (χ4n) is 5.26. The van der Waals surface area contributed by atoms with Gasteiger partial charge in [-0.15, -0.1) is 12.4 Å². The van der Waals surface area contributed by atoms with E-state index in [1.54, 1.807) is 19.1 Å². The summed E-state index contributed by atoms with van der Waals surface area (Å²) >= 11 is 0. The lowest BCUT2D eigenvalue weighted by atomic mass is 10.00. The first-order chi connectivity index (χ1) is 21.9. The highest BCUT2D eigenvalue weighted by atomic mass is 35.5. The molecule has 2 amide bonds. The van der Waals surface area contributed by atoms with Crippen LogP contribution in [0.1, 0.15) is 67.2 Å². The Morgan fingerprint density at radius 3 is 2.23 bits per heavy atom. The molecule has 1 unspecified atom stereocenters. The molecule has 3 rings (SSSR count).